The lowest BCUT2D eigenvalue weighted by Gasteiger charge is -2.10. The van der Waals surface area contributed by atoms with E-state index in [1.165, 1.54) is 0 Å². The highest BCUT2D eigenvalue weighted by Crippen LogP contribution is 2.27. The average molecular weight is 334 g/mol. The van der Waals surface area contributed by atoms with Crippen molar-refractivity contribution in [2.75, 3.05) is 20.8 Å². The lowest BCUT2D eigenvalue weighted by Crippen LogP contribution is -2.24. The van der Waals surface area contributed by atoms with Crippen molar-refractivity contribution in [3.05, 3.63) is 58.6 Å². The number of ether oxygens (including phenoxy) is 2. The van der Waals surface area contributed by atoms with Gasteiger partial charge < -0.3 is 14.8 Å². The molecule has 1 amide bonds. The van der Waals surface area contributed by atoms with Crippen molar-refractivity contribution in [2.24, 2.45) is 0 Å². The molecule has 5 heteroatoms. The van der Waals surface area contributed by atoms with Crippen LogP contribution in [0, 0.1) is 0 Å². The van der Waals surface area contributed by atoms with Gasteiger partial charge in [0.15, 0.2) is 11.5 Å². The standard InChI is InChI=1S/C18H20ClNO3/c1-22-16-9-8-13(11-17(16)23-2)5-4-10-20-18(21)14-6-3-7-15(19)12-14/h3,6-9,11-12H,4-5,10H2,1-2H3,(H,20,21). The van der Waals surface area contributed by atoms with Gasteiger partial charge in [0.05, 0.1) is 14.2 Å². The average Bonchev–Trinajstić information content (AvgIpc) is 2.58. The van der Waals surface area contributed by atoms with Crippen LogP contribution in [0.2, 0.25) is 5.02 Å². The van der Waals surface area contributed by atoms with Gasteiger partial charge in [0, 0.05) is 17.1 Å². The summed E-state index contributed by atoms with van der Waals surface area (Å²) in [5, 5.41) is 3.45. The van der Waals surface area contributed by atoms with Crippen LogP contribution < -0.4 is 14.8 Å². The van der Waals surface area contributed by atoms with Gasteiger partial charge in [-0.1, -0.05) is 23.7 Å². The zero-order valence-corrected chi connectivity index (χ0v) is 14.0. The summed E-state index contributed by atoms with van der Waals surface area (Å²) in [5.74, 6) is 1.32. The Morgan fingerprint density at radius 1 is 1.09 bits per heavy atom. The molecule has 0 unspecified atom stereocenters. The molecule has 122 valence electrons. The van der Waals surface area contributed by atoms with Gasteiger partial charge in [-0.05, 0) is 48.7 Å². The fourth-order valence-corrected chi connectivity index (χ4v) is 2.45. The van der Waals surface area contributed by atoms with Crippen molar-refractivity contribution >= 4 is 17.5 Å². The number of benzene rings is 2. The molecule has 4 nitrogen and oxygen atoms in total. The van der Waals surface area contributed by atoms with E-state index in [-0.39, 0.29) is 5.91 Å². The van der Waals surface area contributed by atoms with Gasteiger partial charge in [-0.3, -0.25) is 4.79 Å². The van der Waals surface area contributed by atoms with Crippen LogP contribution in [0.5, 0.6) is 11.5 Å². The third-order valence-corrected chi connectivity index (χ3v) is 3.70. The third kappa shape index (κ3) is 4.89. The molecule has 0 saturated heterocycles. The number of methoxy groups -OCH3 is 2. The highest BCUT2D eigenvalue weighted by Gasteiger charge is 2.06. The number of hydrogen-bond acceptors (Lipinski definition) is 3. The van der Waals surface area contributed by atoms with Crippen LogP contribution in [0.4, 0.5) is 0 Å². The van der Waals surface area contributed by atoms with Gasteiger partial charge in [-0.25, -0.2) is 0 Å². The molecule has 0 aliphatic heterocycles. The van der Waals surface area contributed by atoms with E-state index in [9.17, 15) is 4.79 Å². The van der Waals surface area contributed by atoms with E-state index < -0.39 is 0 Å². The quantitative estimate of drug-likeness (QED) is 0.785. The van der Waals surface area contributed by atoms with E-state index in [0.717, 1.165) is 18.4 Å². The number of carbonyl (C=O) groups is 1. The first-order valence-corrected chi connectivity index (χ1v) is 7.76. The van der Waals surface area contributed by atoms with Gasteiger partial charge in [0.25, 0.3) is 5.91 Å². The largest absolute Gasteiger partial charge is 0.493 e. The molecule has 0 fully saturated rings. The zero-order valence-electron chi connectivity index (χ0n) is 13.3. The maximum absolute atomic E-state index is 12.0. The minimum atomic E-state index is -0.111. The third-order valence-electron chi connectivity index (χ3n) is 3.46. The molecule has 23 heavy (non-hydrogen) atoms. The Labute approximate surface area is 141 Å². The number of carbonyl (C=O) groups excluding carboxylic acids is 1. The second-order valence-electron chi connectivity index (χ2n) is 5.06. The highest BCUT2D eigenvalue weighted by atomic mass is 35.5. The smallest absolute Gasteiger partial charge is 0.251 e. The van der Waals surface area contributed by atoms with E-state index in [2.05, 4.69) is 5.32 Å². The summed E-state index contributed by atoms with van der Waals surface area (Å²) in [6.45, 7) is 0.597. The Morgan fingerprint density at radius 2 is 1.87 bits per heavy atom. The summed E-state index contributed by atoms with van der Waals surface area (Å²) in [7, 11) is 3.23. The lowest BCUT2D eigenvalue weighted by atomic mass is 10.1. The van der Waals surface area contributed by atoms with Crippen LogP contribution in [-0.4, -0.2) is 26.7 Å². The van der Waals surface area contributed by atoms with Crippen LogP contribution in [-0.2, 0) is 6.42 Å². The van der Waals surface area contributed by atoms with Gasteiger partial charge in [-0.15, -0.1) is 0 Å². The van der Waals surface area contributed by atoms with E-state index in [0.29, 0.717) is 28.6 Å². The molecule has 0 saturated carbocycles. The van der Waals surface area contributed by atoms with Crippen molar-refractivity contribution < 1.29 is 14.3 Å². The van der Waals surface area contributed by atoms with Crippen LogP contribution in [0.3, 0.4) is 0 Å². The normalized spacial score (nSPS) is 10.2. The lowest BCUT2D eigenvalue weighted by molar-refractivity contribution is 0.0953. The second-order valence-corrected chi connectivity index (χ2v) is 5.50. The Hall–Kier alpha value is -2.20. The maximum Gasteiger partial charge on any atom is 0.251 e. The fraction of sp³-hybridized carbons (Fsp3) is 0.278. The minimum absolute atomic E-state index is 0.111. The van der Waals surface area contributed by atoms with Crippen molar-refractivity contribution in [2.45, 2.75) is 12.8 Å². The number of hydrogen-bond donors (Lipinski definition) is 1. The van der Waals surface area contributed by atoms with Crippen LogP contribution in [0.1, 0.15) is 22.3 Å². The molecule has 0 bridgehead atoms. The van der Waals surface area contributed by atoms with E-state index in [1.807, 2.05) is 18.2 Å². The van der Waals surface area contributed by atoms with Gasteiger partial charge in [-0.2, -0.15) is 0 Å². The van der Waals surface area contributed by atoms with Crippen molar-refractivity contribution in [1.29, 1.82) is 0 Å². The van der Waals surface area contributed by atoms with Crippen LogP contribution >= 0.6 is 11.6 Å². The number of halogens is 1. The molecule has 0 aromatic heterocycles. The van der Waals surface area contributed by atoms with E-state index >= 15 is 0 Å². The molecule has 0 heterocycles. The molecule has 0 atom stereocenters. The summed E-state index contributed by atoms with van der Waals surface area (Å²) in [6, 6.07) is 12.8. The molecule has 2 aromatic rings. The first-order valence-electron chi connectivity index (χ1n) is 7.38. The van der Waals surface area contributed by atoms with Gasteiger partial charge in [0.1, 0.15) is 0 Å². The number of rotatable bonds is 7. The van der Waals surface area contributed by atoms with Crippen LogP contribution in [0.25, 0.3) is 0 Å². The second kappa shape index (κ2) is 8.44. The van der Waals surface area contributed by atoms with Crippen LogP contribution in [0.15, 0.2) is 42.5 Å². The van der Waals surface area contributed by atoms with Gasteiger partial charge in [0.2, 0.25) is 0 Å². The summed E-state index contributed by atoms with van der Waals surface area (Å²) in [5.41, 5.74) is 1.71. The molecule has 0 radical (unpaired) electrons. The Kier molecular flexibility index (Phi) is 6.29. The SMILES string of the molecule is COc1ccc(CCCNC(=O)c2cccc(Cl)c2)cc1OC. The van der Waals surface area contributed by atoms with Crippen molar-refractivity contribution in [1.82, 2.24) is 5.32 Å². The molecule has 0 aliphatic rings. The first kappa shape index (κ1) is 17.2. The Balaban J connectivity index is 1.82. The maximum atomic E-state index is 12.0. The fourth-order valence-electron chi connectivity index (χ4n) is 2.26. The number of amides is 1. The monoisotopic (exact) mass is 333 g/mol. The molecule has 0 spiro atoms. The Bertz CT molecular complexity index is 673. The molecular formula is C18H20ClNO3. The predicted molar refractivity (Wildman–Crippen MR) is 91.7 cm³/mol. The zero-order chi connectivity index (χ0) is 16.7. The first-order chi connectivity index (χ1) is 11.1. The number of nitrogens with one attached hydrogen (secondary N) is 1. The summed E-state index contributed by atoms with van der Waals surface area (Å²) in [6.07, 6.45) is 1.68. The molecule has 2 aromatic carbocycles. The topological polar surface area (TPSA) is 47.6 Å². The van der Waals surface area contributed by atoms with Crippen molar-refractivity contribution in [3.63, 3.8) is 0 Å². The summed E-state index contributed by atoms with van der Waals surface area (Å²) >= 11 is 5.88. The summed E-state index contributed by atoms with van der Waals surface area (Å²) in [4.78, 5) is 12.0. The predicted octanol–water partition coefficient (Wildman–Crippen LogP) is 3.72. The van der Waals surface area contributed by atoms with Gasteiger partial charge >= 0.3 is 0 Å². The van der Waals surface area contributed by atoms with E-state index in [1.54, 1.807) is 38.5 Å². The molecule has 0 aliphatic carbocycles. The minimum Gasteiger partial charge on any atom is -0.493 e. The highest BCUT2D eigenvalue weighted by molar-refractivity contribution is 6.30. The molecule has 1 N–H and O–H groups in total. The summed E-state index contributed by atoms with van der Waals surface area (Å²) < 4.78 is 10.5. The van der Waals surface area contributed by atoms with E-state index in [4.69, 9.17) is 21.1 Å². The van der Waals surface area contributed by atoms with Crippen molar-refractivity contribution in [3.8, 4) is 11.5 Å². The Morgan fingerprint density at radius 3 is 2.57 bits per heavy atom. The number of aryl methyl sites for hydroxylation is 1. The molecular weight excluding hydrogens is 314 g/mol. The molecule has 2 rings (SSSR count).